The van der Waals surface area contributed by atoms with E-state index in [0.717, 1.165) is 28.7 Å². The highest BCUT2D eigenvalue weighted by molar-refractivity contribution is 6.14. The van der Waals surface area contributed by atoms with Crippen molar-refractivity contribution < 1.29 is 14.3 Å². The molecule has 0 spiro atoms. The summed E-state index contributed by atoms with van der Waals surface area (Å²) in [5.41, 5.74) is 9.14. The number of aryl methyl sites for hydroxylation is 1. The minimum absolute atomic E-state index is 0.156. The number of nitrogens with zero attached hydrogens (tertiary/aromatic N) is 1. The fraction of sp³-hybridized carbons (Fsp3) is 0.120. The molecule has 2 N–H and O–H groups in total. The Morgan fingerprint density at radius 1 is 0.900 bits per heavy atom. The van der Waals surface area contributed by atoms with Gasteiger partial charge in [0.1, 0.15) is 5.75 Å². The molecule has 5 nitrogen and oxygen atoms in total. The monoisotopic (exact) mass is 398 g/mol. The summed E-state index contributed by atoms with van der Waals surface area (Å²) < 4.78 is 7.89. The van der Waals surface area contributed by atoms with Crippen molar-refractivity contribution in [3.63, 3.8) is 0 Å². The first-order chi connectivity index (χ1) is 14.6. The minimum Gasteiger partial charge on any atom is -0.485 e. The summed E-state index contributed by atoms with van der Waals surface area (Å²) in [6, 6.07) is 24.4. The van der Waals surface area contributed by atoms with Crippen molar-refractivity contribution in [2.75, 3.05) is 6.61 Å². The van der Waals surface area contributed by atoms with E-state index in [2.05, 4.69) is 11.5 Å². The molecule has 30 heavy (non-hydrogen) atoms. The highest BCUT2D eigenvalue weighted by Gasteiger charge is 2.23. The number of primary amides is 1. The van der Waals surface area contributed by atoms with Gasteiger partial charge in [-0.15, -0.1) is 0 Å². The smallest absolute Gasteiger partial charge is 0.252 e. The number of benzene rings is 3. The molecule has 3 aromatic carbocycles. The van der Waals surface area contributed by atoms with Gasteiger partial charge in [-0.05, 0) is 30.7 Å². The molecule has 0 unspecified atom stereocenters. The first-order valence-corrected chi connectivity index (χ1v) is 9.83. The average molecular weight is 398 g/mol. The summed E-state index contributed by atoms with van der Waals surface area (Å²) in [7, 11) is 0. The van der Waals surface area contributed by atoms with E-state index in [9.17, 15) is 9.59 Å². The average Bonchev–Trinajstić information content (AvgIpc) is 3.12. The molecular weight excluding hydrogens is 376 g/mol. The zero-order valence-electron chi connectivity index (χ0n) is 16.7. The van der Waals surface area contributed by atoms with Gasteiger partial charge in [0.2, 0.25) is 5.78 Å². The maximum atomic E-state index is 13.4. The molecule has 0 saturated heterocycles. The molecule has 1 aromatic heterocycles. The molecule has 1 amide bonds. The summed E-state index contributed by atoms with van der Waals surface area (Å²) in [6.07, 6.45) is 0. The van der Waals surface area contributed by atoms with Gasteiger partial charge >= 0.3 is 0 Å². The second-order valence-corrected chi connectivity index (χ2v) is 6.92. The van der Waals surface area contributed by atoms with Crippen LogP contribution in [0, 0.1) is 0 Å². The number of hydrogen-bond acceptors (Lipinski definition) is 3. The number of amides is 1. The predicted octanol–water partition coefficient (Wildman–Crippen LogP) is 4.69. The van der Waals surface area contributed by atoms with Gasteiger partial charge in [0.25, 0.3) is 5.91 Å². The summed E-state index contributed by atoms with van der Waals surface area (Å²) in [6.45, 7) is 2.60. The summed E-state index contributed by atoms with van der Waals surface area (Å²) in [5.74, 6) is -0.444. The van der Waals surface area contributed by atoms with Crippen molar-refractivity contribution in [3.8, 4) is 17.0 Å². The van der Waals surface area contributed by atoms with Gasteiger partial charge in [0, 0.05) is 17.4 Å². The van der Waals surface area contributed by atoms with Crippen LogP contribution in [-0.4, -0.2) is 22.9 Å². The topological polar surface area (TPSA) is 74.3 Å². The molecule has 0 radical (unpaired) electrons. The van der Waals surface area contributed by atoms with Gasteiger partial charge in [-0.1, -0.05) is 60.7 Å². The lowest BCUT2D eigenvalue weighted by atomic mass is 10.0. The molecule has 0 aliphatic carbocycles. The Bertz CT molecular complexity index is 1230. The maximum absolute atomic E-state index is 13.4. The Morgan fingerprint density at radius 2 is 1.57 bits per heavy atom. The molecule has 0 aliphatic rings. The Morgan fingerprint density at radius 3 is 2.30 bits per heavy atom. The third-order valence-corrected chi connectivity index (χ3v) is 5.12. The quantitative estimate of drug-likeness (QED) is 0.459. The molecule has 0 atom stereocenters. The zero-order valence-corrected chi connectivity index (χ0v) is 16.7. The Labute approximate surface area is 174 Å². The standard InChI is InChI=1S/C25H22N2O3/c1-2-27-20-14-8-6-12-18(20)23(24(27)17-10-4-3-5-11-17)21(28)16-30-22-15-9-7-13-19(22)25(26)29/h3-15H,2,16H2,1H3,(H2,26,29). The summed E-state index contributed by atoms with van der Waals surface area (Å²) in [4.78, 5) is 25.0. The van der Waals surface area contributed by atoms with Crippen LogP contribution in [0.2, 0.25) is 0 Å². The third kappa shape index (κ3) is 3.46. The number of Topliss-reactive ketones (excluding diaryl/α,β-unsaturated/α-hetero) is 1. The van der Waals surface area contributed by atoms with Gasteiger partial charge in [0.05, 0.1) is 16.8 Å². The number of nitrogens with two attached hydrogens (primary N) is 1. The third-order valence-electron chi connectivity index (χ3n) is 5.12. The number of para-hydroxylation sites is 2. The molecule has 150 valence electrons. The highest BCUT2D eigenvalue weighted by atomic mass is 16.5. The van der Waals surface area contributed by atoms with E-state index in [-0.39, 0.29) is 18.0 Å². The molecular formula is C25H22N2O3. The van der Waals surface area contributed by atoms with E-state index in [1.165, 1.54) is 0 Å². The number of hydrogen-bond donors (Lipinski definition) is 1. The van der Waals surface area contributed by atoms with Crippen LogP contribution in [0.15, 0.2) is 78.9 Å². The first kappa shape index (κ1) is 19.5. The number of ketones is 1. The molecule has 0 bridgehead atoms. The van der Waals surface area contributed by atoms with Crippen molar-refractivity contribution >= 4 is 22.6 Å². The maximum Gasteiger partial charge on any atom is 0.252 e. The van der Waals surface area contributed by atoms with Gasteiger partial charge in [-0.25, -0.2) is 0 Å². The molecule has 0 aliphatic heterocycles. The van der Waals surface area contributed by atoms with E-state index < -0.39 is 5.91 Å². The van der Waals surface area contributed by atoms with Crippen molar-refractivity contribution in [3.05, 3.63) is 90.0 Å². The Balaban J connectivity index is 1.79. The number of fused-ring (bicyclic) bond motifs is 1. The molecule has 0 fully saturated rings. The SMILES string of the molecule is CCn1c(-c2ccccc2)c(C(=O)COc2ccccc2C(N)=O)c2ccccc21. The molecule has 5 heteroatoms. The lowest BCUT2D eigenvalue weighted by Crippen LogP contribution is -2.17. The fourth-order valence-corrected chi connectivity index (χ4v) is 3.82. The van der Waals surface area contributed by atoms with Gasteiger partial charge in [0.15, 0.2) is 6.61 Å². The Kier molecular flexibility index (Phi) is 5.35. The van der Waals surface area contributed by atoms with Crippen LogP contribution in [-0.2, 0) is 6.54 Å². The van der Waals surface area contributed by atoms with E-state index >= 15 is 0 Å². The molecule has 1 heterocycles. The molecule has 0 saturated carbocycles. The van der Waals surface area contributed by atoms with Gasteiger partial charge in [-0.2, -0.15) is 0 Å². The van der Waals surface area contributed by atoms with Crippen molar-refractivity contribution in [2.45, 2.75) is 13.5 Å². The Hall–Kier alpha value is -3.86. The normalized spacial score (nSPS) is 10.8. The number of carbonyl (C=O) groups is 2. The lowest BCUT2D eigenvalue weighted by Gasteiger charge is -2.12. The van der Waals surface area contributed by atoms with Gasteiger partial charge in [-0.3, -0.25) is 9.59 Å². The van der Waals surface area contributed by atoms with Crippen molar-refractivity contribution in [1.82, 2.24) is 4.57 Å². The number of aromatic nitrogens is 1. The number of ether oxygens (including phenoxy) is 1. The molecule has 4 aromatic rings. The second-order valence-electron chi connectivity index (χ2n) is 6.92. The highest BCUT2D eigenvalue weighted by Crippen LogP contribution is 2.34. The van der Waals surface area contributed by atoms with Crippen LogP contribution < -0.4 is 10.5 Å². The second kappa shape index (κ2) is 8.25. The van der Waals surface area contributed by atoms with E-state index in [1.807, 2.05) is 54.6 Å². The van der Waals surface area contributed by atoms with E-state index in [0.29, 0.717) is 11.3 Å². The van der Waals surface area contributed by atoms with Crippen molar-refractivity contribution in [2.24, 2.45) is 5.73 Å². The lowest BCUT2D eigenvalue weighted by molar-refractivity contribution is 0.0914. The van der Waals surface area contributed by atoms with Crippen LogP contribution in [0.4, 0.5) is 0 Å². The van der Waals surface area contributed by atoms with Crippen LogP contribution in [0.1, 0.15) is 27.6 Å². The van der Waals surface area contributed by atoms with Crippen LogP contribution in [0.25, 0.3) is 22.2 Å². The van der Waals surface area contributed by atoms with Crippen LogP contribution in [0.3, 0.4) is 0 Å². The number of carbonyl (C=O) groups excluding carboxylic acids is 2. The zero-order chi connectivity index (χ0) is 21.1. The van der Waals surface area contributed by atoms with Crippen molar-refractivity contribution in [1.29, 1.82) is 0 Å². The van der Waals surface area contributed by atoms with E-state index in [4.69, 9.17) is 10.5 Å². The van der Waals surface area contributed by atoms with E-state index in [1.54, 1.807) is 24.3 Å². The predicted molar refractivity (Wildman–Crippen MR) is 118 cm³/mol. The largest absolute Gasteiger partial charge is 0.485 e. The van der Waals surface area contributed by atoms with Crippen LogP contribution in [0.5, 0.6) is 5.75 Å². The first-order valence-electron chi connectivity index (χ1n) is 9.83. The number of rotatable bonds is 7. The molecule has 4 rings (SSSR count). The van der Waals surface area contributed by atoms with Gasteiger partial charge < -0.3 is 15.0 Å². The van der Waals surface area contributed by atoms with Crippen LogP contribution >= 0.6 is 0 Å². The minimum atomic E-state index is -0.592. The fourth-order valence-electron chi connectivity index (χ4n) is 3.82. The summed E-state index contributed by atoms with van der Waals surface area (Å²) in [5, 5.41) is 0.884. The summed E-state index contributed by atoms with van der Waals surface area (Å²) >= 11 is 0.